The normalized spacial score (nSPS) is 21.7. The standard InChI is InChI=1S/C39H46FN9O5/c1-24(2)54-32-17-33-43-31(21-48(33)20-28(32)36(51)44-30-4-3-12-41-37(30)52)26-7-5-25(6-8-26)19-46-22-39(23-46)10-14-47(15-11-39)35-29(40)16-27(18-42-35)49-13-9-34(50)45-38(49)53/h3-4,12,16-18,20-21,24-26H,5-11,13-15,19,22-23H2,1-2H3,(H,41,52)(H,44,51)(H,45,50,53). The number of hydrogen-bond acceptors (Lipinski definition) is 9. The summed E-state index contributed by atoms with van der Waals surface area (Å²) in [7, 11) is 0. The number of urea groups is 1. The maximum atomic E-state index is 15.2. The SMILES string of the molecule is CC(C)Oc1cc2nc(C3CCC(CN4CC5(CCN(c6ncc(N7CCC(=O)NC7=O)cc6F)CC5)C4)CC3)cn2cc1C(=O)Nc1ccc[nH]c1=O. The number of carbonyl (C=O) groups is 3. The fraction of sp³-hybridized carbons (Fsp3) is 0.487. The quantitative estimate of drug-likeness (QED) is 0.217. The van der Waals surface area contributed by atoms with Crippen molar-refractivity contribution >= 4 is 40.7 Å². The lowest BCUT2D eigenvalue weighted by molar-refractivity contribution is -0.120. The molecule has 14 nitrogen and oxygen atoms in total. The number of H-pyrrole nitrogens is 1. The molecule has 4 aromatic rings. The van der Waals surface area contributed by atoms with Crippen molar-refractivity contribution in [3.8, 4) is 5.75 Å². The number of pyridine rings is 3. The highest BCUT2D eigenvalue weighted by atomic mass is 19.1. The minimum Gasteiger partial charge on any atom is -0.490 e. The number of likely N-dealkylation sites (tertiary alicyclic amines) is 1. The first-order valence-electron chi connectivity index (χ1n) is 18.9. The van der Waals surface area contributed by atoms with Gasteiger partial charge in [0.25, 0.3) is 11.5 Å². The Bertz CT molecular complexity index is 2130. The van der Waals surface area contributed by atoms with E-state index in [1.54, 1.807) is 24.4 Å². The Morgan fingerprint density at radius 3 is 2.56 bits per heavy atom. The summed E-state index contributed by atoms with van der Waals surface area (Å²) in [5.41, 5.74) is 2.47. The topological polar surface area (TPSA) is 157 Å². The molecule has 0 radical (unpaired) electrons. The predicted octanol–water partition coefficient (Wildman–Crippen LogP) is 4.92. The molecule has 3 saturated heterocycles. The summed E-state index contributed by atoms with van der Waals surface area (Å²) in [4.78, 5) is 67.0. The number of ether oxygens (including phenoxy) is 1. The van der Waals surface area contributed by atoms with Crippen molar-refractivity contribution < 1.29 is 23.5 Å². The van der Waals surface area contributed by atoms with Gasteiger partial charge >= 0.3 is 6.03 Å². The van der Waals surface area contributed by atoms with Crippen LogP contribution in [0.1, 0.15) is 80.8 Å². The van der Waals surface area contributed by atoms with E-state index in [-0.39, 0.29) is 41.6 Å². The second-order valence-electron chi connectivity index (χ2n) is 15.6. The number of anilines is 3. The van der Waals surface area contributed by atoms with Gasteiger partial charge in [0.15, 0.2) is 11.6 Å². The van der Waals surface area contributed by atoms with Crippen LogP contribution in [0.25, 0.3) is 5.65 Å². The highest BCUT2D eigenvalue weighted by Gasteiger charge is 2.45. The number of aromatic nitrogens is 4. The van der Waals surface area contributed by atoms with Gasteiger partial charge in [0, 0.05) is 82.3 Å². The Balaban J connectivity index is 0.828. The number of piperidine rings is 1. The van der Waals surface area contributed by atoms with Crippen LogP contribution < -0.4 is 30.7 Å². The molecule has 0 bridgehead atoms. The fourth-order valence-corrected chi connectivity index (χ4v) is 8.62. The second-order valence-corrected chi connectivity index (χ2v) is 15.6. The van der Waals surface area contributed by atoms with Gasteiger partial charge in [-0.2, -0.15) is 0 Å². The molecule has 3 aliphatic heterocycles. The molecule has 1 spiro atoms. The number of fused-ring (bicyclic) bond motifs is 1. The Morgan fingerprint density at radius 1 is 1.07 bits per heavy atom. The van der Waals surface area contributed by atoms with Crippen molar-refractivity contribution in [3.05, 3.63) is 76.5 Å². The van der Waals surface area contributed by atoms with E-state index in [9.17, 15) is 19.2 Å². The Kier molecular flexibility index (Phi) is 9.58. The van der Waals surface area contributed by atoms with Gasteiger partial charge in [0.1, 0.15) is 17.1 Å². The van der Waals surface area contributed by atoms with Crippen LogP contribution in [0.4, 0.5) is 26.4 Å². The van der Waals surface area contributed by atoms with Gasteiger partial charge in [-0.15, -0.1) is 0 Å². The molecule has 7 heterocycles. The van der Waals surface area contributed by atoms with Gasteiger partial charge in [0.05, 0.1) is 29.2 Å². The zero-order valence-corrected chi connectivity index (χ0v) is 30.6. The van der Waals surface area contributed by atoms with Crippen LogP contribution in [0.2, 0.25) is 0 Å². The average molecular weight is 740 g/mol. The van der Waals surface area contributed by atoms with Crippen LogP contribution in [0.5, 0.6) is 5.75 Å². The summed E-state index contributed by atoms with van der Waals surface area (Å²) < 4.78 is 23.1. The molecular formula is C39H46FN9O5. The smallest absolute Gasteiger partial charge is 0.328 e. The third kappa shape index (κ3) is 7.28. The molecule has 3 N–H and O–H groups in total. The maximum Gasteiger partial charge on any atom is 0.328 e. The molecule has 0 atom stereocenters. The summed E-state index contributed by atoms with van der Waals surface area (Å²) in [6, 6.07) is 5.80. The predicted molar refractivity (Wildman–Crippen MR) is 201 cm³/mol. The number of amides is 4. The molecule has 1 saturated carbocycles. The van der Waals surface area contributed by atoms with Gasteiger partial charge in [-0.05, 0) is 75.8 Å². The Labute approximate surface area is 312 Å². The van der Waals surface area contributed by atoms with E-state index < -0.39 is 17.8 Å². The molecule has 284 valence electrons. The number of nitrogens with one attached hydrogen (secondary N) is 3. The minimum absolute atomic E-state index is 0.156. The molecule has 4 fully saturated rings. The fourth-order valence-electron chi connectivity index (χ4n) is 8.62. The first kappa shape index (κ1) is 35.7. The van der Waals surface area contributed by atoms with Crippen molar-refractivity contribution in [2.45, 2.75) is 70.8 Å². The number of nitrogens with zero attached hydrogens (tertiary/aromatic N) is 6. The monoisotopic (exact) mass is 739 g/mol. The van der Waals surface area contributed by atoms with Gasteiger partial charge in [-0.25, -0.2) is 19.2 Å². The Hall–Kier alpha value is -5.31. The van der Waals surface area contributed by atoms with E-state index in [0.717, 1.165) is 82.6 Å². The number of carbonyl (C=O) groups excluding carboxylic acids is 3. The van der Waals surface area contributed by atoms with E-state index in [1.165, 1.54) is 23.4 Å². The lowest BCUT2D eigenvalue weighted by Gasteiger charge is -2.55. The van der Waals surface area contributed by atoms with E-state index in [2.05, 4.69) is 25.5 Å². The molecule has 4 aromatic heterocycles. The number of aromatic amines is 1. The highest BCUT2D eigenvalue weighted by molar-refractivity contribution is 6.06. The maximum absolute atomic E-state index is 15.2. The first-order valence-corrected chi connectivity index (χ1v) is 18.9. The van der Waals surface area contributed by atoms with Crippen LogP contribution in [-0.2, 0) is 4.79 Å². The van der Waals surface area contributed by atoms with Crippen LogP contribution in [0, 0.1) is 17.2 Å². The van der Waals surface area contributed by atoms with E-state index >= 15 is 4.39 Å². The minimum atomic E-state index is -0.551. The largest absolute Gasteiger partial charge is 0.490 e. The van der Waals surface area contributed by atoms with E-state index in [4.69, 9.17) is 9.72 Å². The molecule has 8 rings (SSSR count). The molecule has 4 amide bonds. The van der Waals surface area contributed by atoms with Gasteiger partial charge < -0.3 is 29.2 Å². The van der Waals surface area contributed by atoms with Crippen molar-refractivity contribution in [2.24, 2.45) is 11.3 Å². The lowest BCUT2D eigenvalue weighted by Crippen LogP contribution is -2.61. The summed E-state index contributed by atoms with van der Waals surface area (Å²) in [5, 5.41) is 4.98. The Morgan fingerprint density at radius 2 is 1.85 bits per heavy atom. The summed E-state index contributed by atoms with van der Waals surface area (Å²) in [6.45, 7) is 8.72. The van der Waals surface area contributed by atoms with E-state index in [1.807, 2.05) is 29.3 Å². The number of imidazole rings is 1. The van der Waals surface area contributed by atoms with Crippen molar-refractivity contribution in [2.75, 3.05) is 54.4 Å². The zero-order valence-electron chi connectivity index (χ0n) is 30.6. The van der Waals surface area contributed by atoms with Gasteiger partial charge in [0.2, 0.25) is 5.91 Å². The zero-order chi connectivity index (χ0) is 37.6. The lowest BCUT2D eigenvalue weighted by atomic mass is 9.71. The molecular weight excluding hydrogens is 693 g/mol. The molecule has 15 heteroatoms. The number of imide groups is 1. The molecule has 1 aliphatic carbocycles. The van der Waals surface area contributed by atoms with Crippen LogP contribution in [0.15, 0.2) is 53.8 Å². The number of halogens is 1. The number of rotatable bonds is 9. The molecule has 0 aromatic carbocycles. The van der Waals surface area contributed by atoms with Crippen molar-refractivity contribution in [1.29, 1.82) is 0 Å². The van der Waals surface area contributed by atoms with Gasteiger partial charge in [-0.3, -0.25) is 24.6 Å². The summed E-state index contributed by atoms with van der Waals surface area (Å²) in [6.07, 6.45) is 13.1. The summed E-state index contributed by atoms with van der Waals surface area (Å²) in [5.74, 6) is 0.495. The molecule has 0 unspecified atom stereocenters. The van der Waals surface area contributed by atoms with Crippen molar-refractivity contribution in [1.82, 2.24) is 29.6 Å². The molecule has 4 aliphatic rings. The summed E-state index contributed by atoms with van der Waals surface area (Å²) >= 11 is 0. The van der Waals surface area contributed by atoms with Crippen molar-refractivity contribution in [3.63, 3.8) is 0 Å². The van der Waals surface area contributed by atoms with Crippen LogP contribution >= 0.6 is 0 Å². The second kappa shape index (κ2) is 14.5. The average Bonchev–Trinajstić information content (AvgIpc) is 3.55. The van der Waals surface area contributed by atoms with Crippen LogP contribution in [-0.4, -0.2) is 87.5 Å². The third-order valence-electron chi connectivity index (χ3n) is 11.4. The van der Waals surface area contributed by atoms with E-state index in [0.29, 0.717) is 34.7 Å². The highest BCUT2D eigenvalue weighted by Crippen LogP contribution is 2.44. The van der Waals surface area contributed by atoms with Gasteiger partial charge in [-0.1, -0.05) is 0 Å². The molecule has 54 heavy (non-hydrogen) atoms. The number of hydrogen-bond donors (Lipinski definition) is 3. The third-order valence-corrected chi connectivity index (χ3v) is 11.4. The van der Waals surface area contributed by atoms with Crippen LogP contribution in [0.3, 0.4) is 0 Å². The first-order chi connectivity index (χ1) is 26.0.